The third-order valence-corrected chi connectivity index (χ3v) is 3.48. The summed E-state index contributed by atoms with van der Waals surface area (Å²) in [5.74, 6) is 0. The van der Waals surface area contributed by atoms with Gasteiger partial charge in [0.05, 0.1) is 0 Å². The average Bonchev–Trinajstić information content (AvgIpc) is 2.00. The highest BCUT2D eigenvalue weighted by Gasteiger charge is 2.36. The van der Waals surface area contributed by atoms with E-state index in [0.717, 1.165) is 7.55 Å². The second kappa shape index (κ2) is 4.10. The highest BCUT2D eigenvalue weighted by Crippen LogP contribution is 2.25. The summed E-state index contributed by atoms with van der Waals surface area (Å²) in [6.07, 6.45) is 1.29. The molecule has 15 heavy (non-hydrogen) atoms. The van der Waals surface area contributed by atoms with E-state index in [1.165, 1.54) is 13.0 Å². The Balaban J connectivity index is 2.73. The SMILES string of the molecule is CC1CCN(C(C)(C)C)BN1C(C)(C)C. The Morgan fingerprint density at radius 3 is 1.93 bits per heavy atom. The molecule has 0 amide bonds. The molecule has 2 nitrogen and oxygen atoms in total. The van der Waals surface area contributed by atoms with Gasteiger partial charge in [0.25, 0.3) is 7.55 Å². The van der Waals surface area contributed by atoms with Crippen molar-refractivity contribution in [2.24, 2.45) is 0 Å². The van der Waals surface area contributed by atoms with Crippen LogP contribution in [0.3, 0.4) is 0 Å². The fourth-order valence-electron chi connectivity index (χ4n) is 2.31. The molecular weight excluding hydrogens is 183 g/mol. The Morgan fingerprint density at radius 2 is 1.53 bits per heavy atom. The zero-order chi connectivity index (χ0) is 11.9. The van der Waals surface area contributed by atoms with Crippen LogP contribution in [0.1, 0.15) is 54.9 Å². The summed E-state index contributed by atoms with van der Waals surface area (Å²) < 4.78 is 0. The molecule has 0 aliphatic carbocycles. The van der Waals surface area contributed by atoms with Gasteiger partial charge in [0.2, 0.25) is 0 Å². The van der Waals surface area contributed by atoms with Crippen LogP contribution in [0.25, 0.3) is 0 Å². The molecule has 0 bridgehead atoms. The Bertz CT molecular complexity index is 215. The van der Waals surface area contributed by atoms with Crippen LogP contribution in [0.4, 0.5) is 0 Å². The van der Waals surface area contributed by atoms with E-state index in [0.29, 0.717) is 11.6 Å². The summed E-state index contributed by atoms with van der Waals surface area (Å²) in [7, 11) is 1.11. The van der Waals surface area contributed by atoms with Crippen molar-refractivity contribution >= 4 is 7.55 Å². The lowest BCUT2D eigenvalue weighted by Gasteiger charge is -2.50. The van der Waals surface area contributed by atoms with Gasteiger partial charge in [0.1, 0.15) is 0 Å². The lowest BCUT2D eigenvalue weighted by molar-refractivity contribution is 0.112. The van der Waals surface area contributed by atoms with Crippen molar-refractivity contribution < 1.29 is 0 Å². The summed E-state index contributed by atoms with van der Waals surface area (Å²) in [6, 6.07) is 0.712. The number of hydrogen-bond acceptors (Lipinski definition) is 2. The maximum Gasteiger partial charge on any atom is 0.292 e. The molecule has 1 heterocycles. The molecule has 1 rings (SSSR count). The first-order valence-electron chi connectivity index (χ1n) is 6.14. The van der Waals surface area contributed by atoms with Crippen molar-refractivity contribution in [3.8, 4) is 0 Å². The molecule has 0 aromatic carbocycles. The fourth-order valence-corrected chi connectivity index (χ4v) is 2.31. The Labute approximate surface area is 96.3 Å². The molecule has 0 N–H and O–H groups in total. The minimum absolute atomic E-state index is 0.281. The molecule has 1 aliphatic rings. The standard InChI is InChI=1S/C12H27BN2/c1-10-8-9-14(11(2,3)4)13-15(10)12(5,6)7/h10,13H,8-9H2,1-7H3. The first-order valence-corrected chi connectivity index (χ1v) is 6.14. The minimum Gasteiger partial charge on any atom is -0.326 e. The molecule has 3 heteroatoms. The zero-order valence-corrected chi connectivity index (χ0v) is 11.6. The van der Waals surface area contributed by atoms with Gasteiger partial charge in [-0.25, -0.2) is 0 Å². The van der Waals surface area contributed by atoms with Crippen LogP contribution in [0.15, 0.2) is 0 Å². The molecule has 1 atom stereocenters. The summed E-state index contributed by atoms with van der Waals surface area (Å²) in [5.41, 5.74) is 0.576. The molecule has 0 saturated carbocycles. The smallest absolute Gasteiger partial charge is 0.292 e. The molecule has 88 valence electrons. The van der Waals surface area contributed by atoms with E-state index in [1.54, 1.807) is 0 Å². The van der Waals surface area contributed by atoms with Gasteiger partial charge in [-0.2, -0.15) is 0 Å². The van der Waals surface area contributed by atoms with E-state index in [2.05, 4.69) is 58.1 Å². The summed E-state index contributed by atoms with van der Waals surface area (Å²) >= 11 is 0. The van der Waals surface area contributed by atoms with Crippen molar-refractivity contribution in [1.82, 2.24) is 9.62 Å². The topological polar surface area (TPSA) is 6.48 Å². The van der Waals surface area contributed by atoms with E-state index in [4.69, 9.17) is 0 Å². The van der Waals surface area contributed by atoms with Gasteiger partial charge < -0.3 is 9.62 Å². The second-order valence-electron chi connectivity index (χ2n) is 6.85. The Hall–Kier alpha value is -0.0151. The molecule has 1 unspecified atom stereocenters. The van der Waals surface area contributed by atoms with E-state index in [1.807, 2.05) is 0 Å². The van der Waals surface area contributed by atoms with E-state index < -0.39 is 0 Å². The highest BCUT2D eigenvalue weighted by atomic mass is 15.3. The number of nitrogens with zero attached hydrogens (tertiary/aromatic N) is 2. The lowest BCUT2D eigenvalue weighted by atomic mass is 9.82. The first-order chi connectivity index (χ1) is 6.62. The number of hydrogen-bond donors (Lipinski definition) is 0. The van der Waals surface area contributed by atoms with Gasteiger partial charge in [-0.3, -0.25) is 0 Å². The summed E-state index contributed by atoms with van der Waals surface area (Å²) in [5, 5.41) is 0. The van der Waals surface area contributed by atoms with Crippen LogP contribution in [0.5, 0.6) is 0 Å². The van der Waals surface area contributed by atoms with Gasteiger partial charge in [-0.1, -0.05) is 6.92 Å². The fraction of sp³-hybridized carbons (Fsp3) is 1.00. The van der Waals surface area contributed by atoms with Crippen LogP contribution in [0.2, 0.25) is 0 Å². The minimum atomic E-state index is 0.281. The molecule has 1 aliphatic heterocycles. The quantitative estimate of drug-likeness (QED) is 0.566. The molecular formula is C12H27BN2. The van der Waals surface area contributed by atoms with Crippen LogP contribution in [0, 0.1) is 0 Å². The molecule has 1 saturated heterocycles. The zero-order valence-electron chi connectivity index (χ0n) is 11.6. The third-order valence-electron chi connectivity index (χ3n) is 3.48. The van der Waals surface area contributed by atoms with Crippen LogP contribution < -0.4 is 0 Å². The highest BCUT2D eigenvalue weighted by molar-refractivity contribution is 6.29. The van der Waals surface area contributed by atoms with Gasteiger partial charge in [0, 0.05) is 11.1 Å². The monoisotopic (exact) mass is 210 g/mol. The largest absolute Gasteiger partial charge is 0.326 e. The van der Waals surface area contributed by atoms with Crippen molar-refractivity contribution in [2.45, 2.75) is 72.0 Å². The predicted octanol–water partition coefficient (Wildman–Crippen LogP) is 2.25. The Morgan fingerprint density at radius 1 is 1.00 bits per heavy atom. The van der Waals surface area contributed by atoms with Crippen LogP contribution >= 0.6 is 0 Å². The van der Waals surface area contributed by atoms with Crippen molar-refractivity contribution in [1.29, 1.82) is 0 Å². The van der Waals surface area contributed by atoms with Crippen molar-refractivity contribution in [3.63, 3.8) is 0 Å². The maximum absolute atomic E-state index is 2.61. The molecule has 1 fully saturated rings. The Kier molecular flexibility index (Phi) is 3.57. The van der Waals surface area contributed by atoms with Gasteiger partial charge in [-0.05, 0) is 60.5 Å². The van der Waals surface area contributed by atoms with Gasteiger partial charge in [-0.15, -0.1) is 0 Å². The normalized spacial score (nSPS) is 26.5. The maximum atomic E-state index is 2.61. The van der Waals surface area contributed by atoms with E-state index in [9.17, 15) is 0 Å². The third kappa shape index (κ3) is 3.22. The second-order valence-corrected chi connectivity index (χ2v) is 6.85. The average molecular weight is 210 g/mol. The molecule has 0 radical (unpaired) electrons. The van der Waals surface area contributed by atoms with E-state index in [-0.39, 0.29) is 5.54 Å². The molecule has 0 spiro atoms. The predicted molar refractivity (Wildman–Crippen MR) is 69.3 cm³/mol. The lowest BCUT2D eigenvalue weighted by Crippen LogP contribution is -2.62. The first kappa shape index (κ1) is 13.1. The summed E-state index contributed by atoms with van der Waals surface area (Å²) in [4.78, 5) is 5.19. The molecule has 0 aromatic rings. The number of rotatable bonds is 0. The van der Waals surface area contributed by atoms with Gasteiger partial charge >= 0.3 is 0 Å². The van der Waals surface area contributed by atoms with Gasteiger partial charge in [0.15, 0.2) is 0 Å². The van der Waals surface area contributed by atoms with Crippen LogP contribution in [-0.2, 0) is 0 Å². The van der Waals surface area contributed by atoms with Crippen molar-refractivity contribution in [2.75, 3.05) is 6.54 Å². The van der Waals surface area contributed by atoms with E-state index >= 15 is 0 Å². The van der Waals surface area contributed by atoms with Crippen LogP contribution in [-0.4, -0.2) is 40.8 Å². The molecule has 0 aromatic heterocycles. The van der Waals surface area contributed by atoms with Crippen molar-refractivity contribution in [3.05, 3.63) is 0 Å². The summed E-state index contributed by atoms with van der Waals surface area (Å²) in [6.45, 7) is 17.5.